The maximum atomic E-state index is 11.5. The molecule has 0 amide bonds. The van der Waals surface area contributed by atoms with E-state index in [1.165, 1.54) is 25.7 Å². The van der Waals surface area contributed by atoms with Crippen LogP contribution in [0.25, 0.3) is 0 Å². The van der Waals surface area contributed by atoms with Crippen molar-refractivity contribution < 1.29 is 9.53 Å². The summed E-state index contributed by atoms with van der Waals surface area (Å²) in [7, 11) is 0. The first kappa shape index (κ1) is 15.3. The molecule has 5 heteroatoms. The number of nitrogens with zero attached hydrogens (tertiary/aromatic N) is 2. The van der Waals surface area contributed by atoms with Crippen molar-refractivity contribution in [2.24, 2.45) is 0 Å². The first-order valence-corrected chi connectivity index (χ1v) is 8.49. The maximum Gasteiger partial charge on any atom is 0.311 e. The van der Waals surface area contributed by atoms with Gasteiger partial charge in [0.25, 0.3) is 0 Å². The van der Waals surface area contributed by atoms with Gasteiger partial charge in [-0.05, 0) is 26.2 Å². The van der Waals surface area contributed by atoms with E-state index < -0.39 is 0 Å². The van der Waals surface area contributed by atoms with Crippen molar-refractivity contribution in [3.05, 3.63) is 11.1 Å². The lowest BCUT2D eigenvalue weighted by atomic mass is 10.1. The second-order valence-corrected chi connectivity index (χ2v) is 6.04. The van der Waals surface area contributed by atoms with Crippen LogP contribution in [0, 0.1) is 0 Å². The van der Waals surface area contributed by atoms with E-state index in [9.17, 15) is 4.79 Å². The lowest BCUT2D eigenvalue weighted by Crippen LogP contribution is -2.34. The Hall–Kier alpha value is -1.10. The Balaban J connectivity index is 2.04. The number of carbonyl (C=O) groups is 1. The number of thiazole rings is 1. The average Bonchev–Trinajstić information content (AvgIpc) is 2.75. The Bertz CT molecular complexity index is 433. The van der Waals surface area contributed by atoms with Gasteiger partial charge in [-0.15, -0.1) is 11.3 Å². The highest BCUT2D eigenvalue weighted by atomic mass is 32.1. The lowest BCUT2D eigenvalue weighted by Gasteiger charge is -2.28. The van der Waals surface area contributed by atoms with Crippen LogP contribution in [-0.4, -0.2) is 30.1 Å². The summed E-state index contributed by atoms with van der Waals surface area (Å²) in [6, 6.07) is 0.596. The third kappa shape index (κ3) is 3.95. The third-order valence-electron chi connectivity index (χ3n) is 3.76. The summed E-state index contributed by atoms with van der Waals surface area (Å²) in [5.41, 5.74) is 0.836. The Morgan fingerprint density at radius 2 is 2.30 bits per heavy atom. The molecule has 2 rings (SSSR count). The molecule has 0 saturated carbocycles. The van der Waals surface area contributed by atoms with Gasteiger partial charge in [-0.3, -0.25) is 4.79 Å². The highest BCUT2D eigenvalue weighted by Crippen LogP contribution is 2.28. The minimum Gasteiger partial charge on any atom is -0.466 e. The van der Waals surface area contributed by atoms with Crippen LogP contribution < -0.4 is 4.90 Å². The van der Waals surface area contributed by atoms with Gasteiger partial charge in [0.15, 0.2) is 5.13 Å². The van der Waals surface area contributed by atoms with Gasteiger partial charge in [0.2, 0.25) is 0 Å². The lowest BCUT2D eigenvalue weighted by molar-refractivity contribution is -0.142. The quantitative estimate of drug-likeness (QED) is 0.781. The number of hydrogen-bond donors (Lipinski definition) is 0. The number of aromatic nitrogens is 1. The summed E-state index contributed by atoms with van der Waals surface area (Å²) in [6.07, 6.45) is 6.57. The van der Waals surface area contributed by atoms with E-state index in [1.807, 2.05) is 12.3 Å². The minimum absolute atomic E-state index is 0.188. The van der Waals surface area contributed by atoms with Crippen molar-refractivity contribution in [2.75, 3.05) is 18.1 Å². The van der Waals surface area contributed by atoms with E-state index in [4.69, 9.17) is 4.74 Å². The third-order valence-corrected chi connectivity index (χ3v) is 4.69. The molecule has 1 aliphatic heterocycles. The predicted octanol–water partition coefficient (Wildman–Crippen LogP) is 3.41. The molecule has 1 aromatic rings. The molecule has 1 atom stereocenters. The number of carbonyl (C=O) groups excluding carboxylic acids is 1. The molecule has 0 radical (unpaired) electrons. The van der Waals surface area contributed by atoms with E-state index in [0.29, 0.717) is 12.6 Å². The van der Waals surface area contributed by atoms with Gasteiger partial charge in [0.05, 0.1) is 18.7 Å². The summed E-state index contributed by atoms with van der Waals surface area (Å²) in [5.74, 6) is -0.188. The molecule has 2 heterocycles. The van der Waals surface area contributed by atoms with Crippen LogP contribution >= 0.6 is 11.3 Å². The fourth-order valence-corrected chi connectivity index (χ4v) is 3.65. The van der Waals surface area contributed by atoms with E-state index in [0.717, 1.165) is 23.8 Å². The molecule has 112 valence electrons. The molecule has 0 aliphatic carbocycles. The Labute approximate surface area is 125 Å². The Kier molecular flexibility index (Phi) is 5.83. The summed E-state index contributed by atoms with van der Waals surface area (Å²) < 4.78 is 4.97. The maximum absolute atomic E-state index is 11.5. The normalized spacial score (nSPS) is 19.7. The molecule has 0 bridgehead atoms. The molecular formula is C15H24N2O2S. The molecule has 0 aromatic carbocycles. The average molecular weight is 296 g/mol. The van der Waals surface area contributed by atoms with Gasteiger partial charge >= 0.3 is 5.97 Å². The van der Waals surface area contributed by atoms with Crippen LogP contribution in [0.4, 0.5) is 5.13 Å². The molecule has 0 spiro atoms. The Morgan fingerprint density at radius 1 is 1.45 bits per heavy atom. The first-order valence-electron chi connectivity index (χ1n) is 7.61. The van der Waals surface area contributed by atoms with Crippen molar-refractivity contribution in [2.45, 2.75) is 58.4 Å². The van der Waals surface area contributed by atoms with Crippen LogP contribution in [0.5, 0.6) is 0 Å². The molecule has 20 heavy (non-hydrogen) atoms. The van der Waals surface area contributed by atoms with Crippen LogP contribution in [0.1, 0.15) is 51.6 Å². The monoisotopic (exact) mass is 296 g/mol. The molecule has 1 aromatic heterocycles. The second kappa shape index (κ2) is 7.62. The number of ether oxygens (including phenoxy) is 1. The van der Waals surface area contributed by atoms with Gasteiger partial charge in [0, 0.05) is 18.0 Å². The summed E-state index contributed by atoms with van der Waals surface area (Å²) in [6.45, 7) is 5.59. The van der Waals surface area contributed by atoms with Gasteiger partial charge in [-0.2, -0.15) is 0 Å². The standard InChI is InChI=1S/C15H24N2O2S/c1-3-13-8-6-5-7-9-17(13)15-16-12(11-20-15)10-14(18)19-4-2/h11,13H,3-10H2,1-2H3. The van der Waals surface area contributed by atoms with Crippen molar-refractivity contribution in [1.29, 1.82) is 0 Å². The largest absolute Gasteiger partial charge is 0.466 e. The van der Waals surface area contributed by atoms with E-state index in [-0.39, 0.29) is 12.4 Å². The topological polar surface area (TPSA) is 42.4 Å². The number of esters is 1. The fraction of sp³-hybridized carbons (Fsp3) is 0.733. The molecule has 0 N–H and O–H groups in total. The predicted molar refractivity (Wildman–Crippen MR) is 82.3 cm³/mol. The SMILES string of the molecule is CCOC(=O)Cc1csc(N2CCCCCC2CC)n1. The highest BCUT2D eigenvalue weighted by Gasteiger charge is 2.22. The zero-order chi connectivity index (χ0) is 14.4. The van der Waals surface area contributed by atoms with Crippen LogP contribution in [-0.2, 0) is 16.0 Å². The molecular weight excluding hydrogens is 272 g/mol. The van der Waals surface area contributed by atoms with E-state index in [2.05, 4.69) is 16.8 Å². The van der Waals surface area contributed by atoms with Gasteiger partial charge in [-0.1, -0.05) is 19.8 Å². The molecule has 1 fully saturated rings. The Morgan fingerprint density at radius 3 is 3.05 bits per heavy atom. The van der Waals surface area contributed by atoms with Crippen LogP contribution in [0.2, 0.25) is 0 Å². The van der Waals surface area contributed by atoms with Crippen molar-refractivity contribution in [3.63, 3.8) is 0 Å². The van der Waals surface area contributed by atoms with Crippen LogP contribution in [0.3, 0.4) is 0 Å². The minimum atomic E-state index is -0.188. The zero-order valence-electron chi connectivity index (χ0n) is 12.4. The zero-order valence-corrected chi connectivity index (χ0v) is 13.2. The van der Waals surface area contributed by atoms with Crippen molar-refractivity contribution in [3.8, 4) is 0 Å². The van der Waals surface area contributed by atoms with Crippen molar-refractivity contribution >= 4 is 22.4 Å². The van der Waals surface area contributed by atoms with E-state index >= 15 is 0 Å². The number of anilines is 1. The molecule has 1 aliphatic rings. The second-order valence-electron chi connectivity index (χ2n) is 5.21. The van der Waals surface area contributed by atoms with Crippen LogP contribution in [0.15, 0.2) is 5.38 Å². The number of hydrogen-bond acceptors (Lipinski definition) is 5. The smallest absolute Gasteiger partial charge is 0.311 e. The van der Waals surface area contributed by atoms with Gasteiger partial charge in [0.1, 0.15) is 0 Å². The van der Waals surface area contributed by atoms with E-state index in [1.54, 1.807) is 11.3 Å². The highest BCUT2D eigenvalue weighted by molar-refractivity contribution is 7.13. The van der Waals surface area contributed by atoms with Crippen molar-refractivity contribution in [1.82, 2.24) is 4.98 Å². The fourth-order valence-electron chi connectivity index (χ4n) is 2.72. The molecule has 1 unspecified atom stereocenters. The summed E-state index contributed by atoms with van der Waals surface area (Å²) in [4.78, 5) is 18.6. The summed E-state index contributed by atoms with van der Waals surface area (Å²) >= 11 is 1.65. The first-order chi connectivity index (χ1) is 9.74. The molecule has 4 nitrogen and oxygen atoms in total. The molecule has 1 saturated heterocycles. The van der Waals surface area contributed by atoms with Gasteiger partial charge in [-0.25, -0.2) is 4.98 Å². The van der Waals surface area contributed by atoms with Gasteiger partial charge < -0.3 is 9.64 Å². The number of rotatable bonds is 5. The summed E-state index contributed by atoms with van der Waals surface area (Å²) in [5, 5.41) is 3.06.